The van der Waals surface area contributed by atoms with Crippen molar-refractivity contribution in [3.63, 3.8) is 0 Å². The van der Waals surface area contributed by atoms with E-state index in [1.165, 1.54) is 25.7 Å². The number of rotatable bonds is 7. The molecule has 0 saturated heterocycles. The van der Waals surface area contributed by atoms with Gasteiger partial charge >= 0.3 is 0 Å². The first-order valence-electron chi connectivity index (χ1n) is 6.06. The van der Waals surface area contributed by atoms with Crippen LogP contribution in [0.2, 0.25) is 0 Å². The summed E-state index contributed by atoms with van der Waals surface area (Å²) in [4.78, 5) is 12.6. The zero-order chi connectivity index (χ0) is 11.1. The Morgan fingerprint density at radius 2 is 1.80 bits per heavy atom. The Morgan fingerprint density at radius 3 is 2.33 bits per heavy atom. The maximum Gasteiger partial charge on any atom is 0.264 e. The third-order valence-corrected chi connectivity index (χ3v) is 5.19. The molecule has 0 radical (unpaired) electrons. The van der Waals surface area contributed by atoms with Crippen LogP contribution in [0.3, 0.4) is 0 Å². The summed E-state index contributed by atoms with van der Waals surface area (Å²) in [6, 6.07) is 0.844. The lowest BCUT2D eigenvalue weighted by molar-refractivity contribution is 0.249. The van der Waals surface area contributed by atoms with E-state index in [1.807, 2.05) is 14.1 Å². The fraction of sp³-hybridized carbons (Fsp3) is 1.00. The highest BCUT2D eigenvalue weighted by Gasteiger charge is 2.18. The molecule has 90 valence electrons. The van der Waals surface area contributed by atoms with Crippen LogP contribution in [0.25, 0.3) is 0 Å². The van der Waals surface area contributed by atoms with E-state index in [1.54, 1.807) is 0 Å². The van der Waals surface area contributed by atoms with Crippen molar-refractivity contribution in [3.8, 4) is 0 Å². The molecule has 1 aliphatic carbocycles. The summed E-state index contributed by atoms with van der Waals surface area (Å²) in [6.07, 6.45) is 5.64. The summed E-state index contributed by atoms with van der Waals surface area (Å²) in [5.74, 6) is 0. The van der Waals surface area contributed by atoms with Crippen LogP contribution in [0.15, 0.2) is 0 Å². The van der Waals surface area contributed by atoms with Crippen molar-refractivity contribution in [2.45, 2.75) is 31.7 Å². The predicted octanol–water partition coefficient (Wildman–Crippen LogP) is -0.394. The van der Waals surface area contributed by atoms with Gasteiger partial charge in [-0.15, -0.1) is 0 Å². The zero-order valence-corrected chi connectivity index (χ0v) is 11.5. The van der Waals surface area contributed by atoms with Gasteiger partial charge in [-0.1, -0.05) is 12.8 Å². The molecule has 3 N–H and O–H groups in total. The number of hydrogen-bond donors (Lipinski definition) is 3. The largest absolute Gasteiger partial charge is 0.319 e. The van der Waals surface area contributed by atoms with Crippen LogP contribution in [0.4, 0.5) is 0 Å². The van der Waals surface area contributed by atoms with Gasteiger partial charge in [0.25, 0.3) is 9.28 Å². The van der Waals surface area contributed by atoms with E-state index in [-0.39, 0.29) is 0 Å². The number of nitrogens with one attached hydrogen (secondary N) is 3. The minimum atomic E-state index is -1.06. The van der Waals surface area contributed by atoms with E-state index in [2.05, 4.69) is 26.9 Å². The monoisotopic (exact) mass is 230 g/mol. The third-order valence-electron chi connectivity index (χ3n) is 3.34. The highest BCUT2D eigenvalue weighted by Crippen LogP contribution is 2.21. The third kappa shape index (κ3) is 4.61. The van der Waals surface area contributed by atoms with Crippen molar-refractivity contribution >= 4 is 9.28 Å². The fourth-order valence-electron chi connectivity index (χ4n) is 2.26. The second-order valence-electron chi connectivity index (χ2n) is 4.38. The van der Waals surface area contributed by atoms with Gasteiger partial charge in [-0.25, -0.2) is 0 Å². The minimum absolute atomic E-state index is 0.844. The van der Waals surface area contributed by atoms with Gasteiger partial charge in [0.2, 0.25) is 0 Å². The highest BCUT2D eigenvalue weighted by molar-refractivity contribution is 6.50. The molecule has 0 aromatic heterocycles. The summed E-state index contributed by atoms with van der Waals surface area (Å²) in [6.45, 7) is 2.25. The van der Waals surface area contributed by atoms with Crippen LogP contribution in [-0.2, 0) is 0 Å². The fourth-order valence-corrected chi connectivity index (χ4v) is 3.38. The van der Waals surface area contributed by atoms with Crippen molar-refractivity contribution in [2.75, 3.05) is 34.2 Å². The molecule has 0 atom stereocenters. The quantitative estimate of drug-likeness (QED) is 0.521. The minimum Gasteiger partial charge on any atom is -0.319 e. The Balaban J connectivity index is 2.07. The lowest BCUT2D eigenvalue weighted by atomic mass is 10.2. The summed E-state index contributed by atoms with van der Waals surface area (Å²) >= 11 is 0. The van der Waals surface area contributed by atoms with Crippen molar-refractivity contribution in [2.24, 2.45) is 0 Å². The molecule has 4 nitrogen and oxygen atoms in total. The Morgan fingerprint density at radius 1 is 1.20 bits per heavy atom. The number of nitrogens with zero attached hydrogens (tertiary/aromatic N) is 1. The van der Waals surface area contributed by atoms with E-state index in [9.17, 15) is 0 Å². The van der Waals surface area contributed by atoms with Crippen molar-refractivity contribution < 1.29 is 0 Å². The maximum atomic E-state index is 3.55. The average molecular weight is 230 g/mol. The molecule has 0 amide bonds. The van der Waals surface area contributed by atoms with Crippen LogP contribution in [0.1, 0.15) is 25.7 Å². The highest BCUT2D eigenvalue weighted by atomic mass is 28.3. The molecule has 5 heteroatoms. The molecule has 1 fully saturated rings. The van der Waals surface area contributed by atoms with E-state index in [0.717, 1.165) is 19.1 Å². The normalized spacial score (nSPS) is 18.2. The van der Waals surface area contributed by atoms with Gasteiger partial charge in [-0.3, -0.25) is 0 Å². The Labute approximate surface area is 95.6 Å². The maximum absolute atomic E-state index is 3.55. The van der Waals surface area contributed by atoms with Crippen LogP contribution >= 0.6 is 0 Å². The molecule has 0 bridgehead atoms. The number of hydrogen-bond acceptors (Lipinski definition) is 4. The van der Waals surface area contributed by atoms with Gasteiger partial charge in [0, 0.05) is 19.1 Å². The van der Waals surface area contributed by atoms with E-state index in [4.69, 9.17) is 0 Å². The first-order valence-corrected chi connectivity index (χ1v) is 7.79. The summed E-state index contributed by atoms with van der Waals surface area (Å²) in [7, 11) is 5.23. The summed E-state index contributed by atoms with van der Waals surface area (Å²) in [5.41, 5.74) is 0. The first kappa shape index (κ1) is 13.1. The van der Waals surface area contributed by atoms with Gasteiger partial charge in [-0.2, -0.15) is 0 Å². The molecule has 0 heterocycles. The molecule has 0 aromatic carbocycles. The lowest BCUT2D eigenvalue weighted by Crippen LogP contribution is -2.56. The topological polar surface area (TPSA) is 39.3 Å². The standard InChI is InChI=1S/C10H26N4Si/c1-11-15(12-2)13-8-9-14(3)10-6-4-5-7-10/h10-13,15H,4-9H2,1-3H3. The Kier molecular flexibility index (Phi) is 6.43. The van der Waals surface area contributed by atoms with Gasteiger partial charge in [-0.05, 0) is 34.0 Å². The van der Waals surface area contributed by atoms with E-state index >= 15 is 0 Å². The first-order chi connectivity index (χ1) is 7.27. The molecule has 15 heavy (non-hydrogen) atoms. The van der Waals surface area contributed by atoms with Crippen LogP contribution in [-0.4, -0.2) is 54.5 Å². The second-order valence-corrected chi connectivity index (χ2v) is 6.81. The predicted molar refractivity (Wildman–Crippen MR) is 68.2 cm³/mol. The van der Waals surface area contributed by atoms with E-state index < -0.39 is 9.28 Å². The van der Waals surface area contributed by atoms with Gasteiger partial charge in [0.15, 0.2) is 0 Å². The van der Waals surface area contributed by atoms with Crippen LogP contribution in [0.5, 0.6) is 0 Å². The van der Waals surface area contributed by atoms with Gasteiger partial charge in [0.1, 0.15) is 0 Å². The molecule has 1 aliphatic rings. The van der Waals surface area contributed by atoms with Crippen LogP contribution in [0, 0.1) is 0 Å². The molecular weight excluding hydrogens is 204 g/mol. The van der Waals surface area contributed by atoms with Crippen molar-refractivity contribution in [1.82, 2.24) is 19.8 Å². The second kappa shape index (κ2) is 7.35. The lowest BCUT2D eigenvalue weighted by Gasteiger charge is -2.25. The molecule has 1 rings (SSSR count). The molecular formula is C10H26N4Si. The molecule has 0 spiro atoms. The molecule has 0 aromatic rings. The smallest absolute Gasteiger partial charge is 0.264 e. The molecule has 0 aliphatic heterocycles. The van der Waals surface area contributed by atoms with Crippen molar-refractivity contribution in [3.05, 3.63) is 0 Å². The van der Waals surface area contributed by atoms with Gasteiger partial charge < -0.3 is 19.8 Å². The average Bonchev–Trinajstić information content (AvgIpc) is 2.77. The van der Waals surface area contributed by atoms with Gasteiger partial charge in [0.05, 0.1) is 0 Å². The Hall–Kier alpha value is 0.0569. The van der Waals surface area contributed by atoms with E-state index in [0.29, 0.717) is 0 Å². The number of likely N-dealkylation sites (N-methyl/N-ethyl adjacent to an activating group) is 1. The zero-order valence-electron chi connectivity index (χ0n) is 10.3. The summed E-state index contributed by atoms with van der Waals surface area (Å²) < 4.78 is 0. The summed E-state index contributed by atoms with van der Waals surface area (Å²) in [5, 5.41) is 0. The molecule has 1 saturated carbocycles. The SMILES string of the molecule is CN[SiH](NC)NCCN(C)C1CCCC1. The van der Waals surface area contributed by atoms with Crippen LogP contribution < -0.4 is 14.9 Å². The Bertz CT molecular complexity index is 158. The molecule has 0 unspecified atom stereocenters. The van der Waals surface area contributed by atoms with Crippen molar-refractivity contribution in [1.29, 1.82) is 0 Å².